The number of nitrogens with zero attached hydrogens (tertiary/aromatic N) is 1. The molecule has 0 bridgehead atoms. The molecule has 18 heavy (non-hydrogen) atoms. The van der Waals surface area contributed by atoms with E-state index in [0.29, 0.717) is 11.8 Å². The number of carbonyl (C=O) groups excluding carboxylic acids is 1. The van der Waals surface area contributed by atoms with Crippen LogP contribution in [0.15, 0.2) is 0 Å². The molecule has 2 fully saturated rings. The van der Waals surface area contributed by atoms with Gasteiger partial charge in [-0.3, -0.25) is 4.79 Å². The van der Waals surface area contributed by atoms with E-state index in [2.05, 4.69) is 24.1 Å². The maximum Gasteiger partial charge on any atom is 0.241 e. The van der Waals surface area contributed by atoms with E-state index in [4.69, 9.17) is 0 Å². The van der Waals surface area contributed by atoms with Crippen LogP contribution < -0.4 is 5.32 Å². The monoisotopic (exact) mass is 288 g/mol. The van der Waals surface area contributed by atoms with Crippen LogP contribution in [0.3, 0.4) is 0 Å². The minimum Gasteiger partial charge on any atom is -0.335 e. The van der Waals surface area contributed by atoms with Crippen molar-refractivity contribution in [3.05, 3.63) is 0 Å². The average molecular weight is 288 g/mol. The molecule has 104 valence electrons. The standard InChI is InChI=1S/C13H24N2OS2/c1-13(2)9-18-8-11(14-3)12(16)15(13)6-10-4-5-17-7-10/h10-11,14H,4-9H2,1-3H3. The SMILES string of the molecule is CNC1CSCC(C)(C)N(CC2CCSC2)C1=O. The second-order valence-electron chi connectivity index (χ2n) is 5.85. The zero-order valence-corrected chi connectivity index (χ0v) is 13.2. The van der Waals surface area contributed by atoms with Gasteiger partial charge in [-0.2, -0.15) is 23.5 Å². The summed E-state index contributed by atoms with van der Waals surface area (Å²) in [5.41, 5.74) is -0.0133. The molecule has 2 aliphatic rings. The molecule has 5 heteroatoms. The Hall–Kier alpha value is 0.130. The molecule has 2 saturated heterocycles. The summed E-state index contributed by atoms with van der Waals surface area (Å²) in [7, 11) is 1.89. The Morgan fingerprint density at radius 1 is 1.39 bits per heavy atom. The predicted molar refractivity (Wildman–Crippen MR) is 81.4 cm³/mol. The molecule has 0 aromatic rings. The molecule has 0 aromatic heterocycles. The molecule has 3 nitrogen and oxygen atoms in total. The highest BCUT2D eigenvalue weighted by Crippen LogP contribution is 2.31. The zero-order chi connectivity index (χ0) is 13.2. The first-order valence-electron chi connectivity index (χ1n) is 6.69. The van der Waals surface area contributed by atoms with Gasteiger partial charge in [0.1, 0.15) is 0 Å². The largest absolute Gasteiger partial charge is 0.335 e. The summed E-state index contributed by atoms with van der Waals surface area (Å²) < 4.78 is 0. The highest BCUT2D eigenvalue weighted by molar-refractivity contribution is 7.99. The van der Waals surface area contributed by atoms with Crippen molar-refractivity contribution >= 4 is 29.4 Å². The number of amides is 1. The first-order chi connectivity index (χ1) is 8.54. The van der Waals surface area contributed by atoms with Crippen LogP contribution in [0.1, 0.15) is 20.3 Å². The Bertz CT molecular complexity index is 303. The minimum atomic E-state index is -0.0133. The van der Waals surface area contributed by atoms with Crippen LogP contribution in [0.4, 0.5) is 0 Å². The van der Waals surface area contributed by atoms with Crippen molar-refractivity contribution < 1.29 is 4.79 Å². The van der Waals surface area contributed by atoms with Crippen LogP contribution in [0.25, 0.3) is 0 Å². The third-order valence-corrected chi connectivity index (χ3v) is 6.56. The summed E-state index contributed by atoms with van der Waals surface area (Å²) in [6.45, 7) is 5.35. The van der Waals surface area contributed by atoms with Gasteiger partial charge in [0.2, 0.25) is 5.91 Å². The molecule has 2 heterocycles. The van der Waals surface area contributed by atoms with E-state index in [-0.39, 0.29) is 11.6 Å². The lowest BCUT2D eigenvalue weighted by molar-refractivity contribution is -0.137. The molecule has 0 aliphatic carbocycles. The smallest absolute Gasteiger partial charge is 0.241 e. The fourth-order valence-electron chi connectivity index (χ4n) is 2.59. The summed E-state index contributed by atoms with van der Waals surface area (Å²) in [5, 5.41) is 3.17. The van der Waals surface area contributed by atoms with Crippen molar-refractivity contribution in [2.24, 2.45) is 5.92 Å². The van der Waals surface area contributed by atoms with E-state index in [1.54, 1.807) is 0 Å². The third-order valence-electron chi connectivity index (χ3n) is 3.85. The maximum absolute atomic E-state index is 12.6. The fourth-order valence-corrected chi connectivity index (χ4v) is 5.18. The van der Waals surface area contributed by atoms with Gasteiger partial charge in [0.15, 0.2) is 0 Å². The van der Waals surface area contributed by atoms with Crippen LogP contribution in [-0.2, 0) is 4.79 Å². The first-order valence-corrected chi connectivity index (χ1v) is 9.00. The molecule has 2 unspecified atom stereocenters. The van der Waals surface area contributed by atoms with E-state index in [1.807, 2.05) is 30.6 Å². The van der Waals surface area contributed by atoms with Gasteiger partial charge < -0.3 is 10.2 Å². The van der Waals surface area contributed by atoms with Gasteiger partial charge in [-0.15, -0.1) is 0 Å². The molecule has 2 aliphatic heterocycles. The van der Waals surface area contributed by atoms with Crippen molar-refractivity contribution in [2.75, 3.05) is 36.6 Å². The second-order valence-corrected chi connectivity index (χ2v) is 8.03. The average Bonchev–Trinajstić information content (AvgIpc) is 2.80. The Morgan fingerprint density at radius 2 is 2.17 bits per heavy atom. The second kappa shape index (κ2) is 6.06. The summed E-state index contributed by atoms with van der Waals surface area (Å²) in [6, 6.07) is -0.00849. The topological polar surface area (TPSA) is 32.3 Å². The lowest BCUT2D eigenvalue weighted by Gasteiger charge is -2.39. The highest BCUT2D eigenvalue weighted by Gasteiger charge is 2.38. The first kappa shape index (κ1) is 14.5. The number of hydrogen-bond donors (Lipinski definition) is 1. The number of likely N-dealkylation sites (N-methyl/N-ethyl adjacent to an activating group) is 1. The number of carbonyl (C=O) groups is 1. The van der Waals surface area contributed by atoms with Crippen LogP contribution >= 0.6 is 23.5 Å². The predicted octanol–water partition coefficient (Wildman–Crippen LogP) is 1.68. The molecule has 1 amide bonds. The normalized spacial score (nSPS) is 32.6. The summed E-state index contributed by atoms with van der Waals surface area (Å²) in [4.78, 5) is 14.8. The van der Waals surface area contributed by atoms with Crippen LogP contribution in [-0.4, -0.2) is 59.0 Å². The van der Waals surface area contributed by atoms with Gasteiger partial charge in [0.05, 0.1) is 6.04 Å². The Labute approximate surface area is 119 Å². The van der Waals surface area contributed by atoms with E-state index >= 15 is 0 Å². The molecule has 1 N–H and O–H groups in total. The molecular formula is C13H24N2OS2. The summed E-state index contributed by atoms with van der Waals surface area (Å²) in [5.74, 6) is 5.41. The van der Waals surface area contributed by atoms with Gasteiger partial charge in [0, 0.05) is 23.6 Å². The quantitative estimate of drug-likeness (QED) is 0.856. The number of hydrogen-bond acceptors (Lipinski definition) is 4. The molecular weight excluding hydrogens is 264 g/mol. The van der Waals surface area contributed by atoms with E-state index in [9.17, 15) is 4.79 Å². The van der Waals surface area contributed by atoms with Gasteiger partial charge in [-0.05, 0) is 44.7 Å². The molecule has 0 saturated carbocycles. The fraction of sp³-hybridized carbons (Fsp3) is 0.923. The van der Waals surface area contributed by atoms with E-state index in [0.717, 1.165) is 18.1 Å². The molecule has 0 aromatic carbocycles. The van der Waals surface area contributed by atoms with Gasteiger partial charge >= 0.3 is 0 Å². The molecule has 2 rings (SSSR count). The summed E-state index contributed by atoms with van der Waals surface area (Å²) in [6.07, 6.45) is 1.27. The number of thioether (sulfide) groups is 2. The van der Waals surface area contributed by atoms with Crippen molar-refractivity contribution in [3.8, 4) is 0 Å². The molecule has 0 radical (unpaired) electrons. The van der Waals surface area contributed by atoms with Gasteiger partial charge in [-0.1, -0.05) is 0 Å². The molecule has 2 atom stereocenters. The Morgan fingerprint density at radius 3 is 2.78 bits per heavy atom. The van der Waals surface area contributed by atoms with Crippen molar-refractivity contribution in [1.82, 2.24) is 10.2 Å². The Kier molecular flexibility index (Phi) is 4.89. The number of rotatable bonds is 3. The Balaban J connectivity index is 2.11. The lowest BCUT2D eigenvalue weighted by atomic mass is 10.00. The van der Waals surface area contributed by atoms with Gasteiger partial charge in [0.25, 0.3) is 0 Å². The van der Waals surface area contributed by atoms with Crippen LogP contribution in [0, 0.1) is 5.92 Å². The zero-order valence-electron chi connectivity index (χ0n) is 11.6. The van der Waals surface area contributed by atoms with Crippen LogP contribution in [0.5, 0.6) is 0 Å². The van der Waals surface area contributed by atoms with Gasteiger partial charge in [-0.25, -0.2) is 0 Å². The van der Waals surface area contributed by atoms with E-state index in [1.165, 1.54) is 17.9 Å². The van der Waals surface area contributed by atoms with Crippen molar-refractivity contribution in [2.45, 2.75) is 31.8 Å². The van der Waals surface area contributed by atoms with Crippen molar-refractivity contribution in [1.29, 1.82) is 0 Å². The van der Waals surface area contributed by atoms with E-state index < -0.39 is 0 Å². The lowest BCUT2D eigenvalue weighted by Crippen LogP contribution is -2.55. The summed E-state index contributed by atoms with van der Waals surface area (Å²) >= 11 is 3.92. The van der Waals surface area contributed by atoms with Crippen molar-refractivity contribution in [3.63, 3.8) is 0 Å². The van der Waals surface area contributed by atoms with Crippen LogP contribution in [0.2, 0.25) is 0 Å². The third kappa shape index (κ3) is 3.17. The molecule has 0 spiro atoms. The maximum atomic E-state index is 12.6. The number of nitrogens with one attached hydrogen (secondary N) is 1. The highest BCUT2D eigenvalue weighted by atomic mass is 32.2. The minimum absolute atomic E-state index is 0.00849.